The first-order valence-corrected chi connectivity index (χ1v) is 7.89. The first-order valence-electron chi connectivity index (χ1n) is 7.89. The lowest BCUT2D eigenvalue weighted by Crippen LogP contribution is -2.25. The number of rotatable bonds is 3. The quantitative estimate of drug-likeness (QED) is 0.635. The van der Waals surface area contributed by atoms with Gasteiger partial charge in [0.25, 0.3) is 0 Å². The zero-order chi connectivity index (χ0) is 12.8. The number of hydrogen-bond donors (Lipinski definition) is 0. The summed E-state index contributed by atoms with van der Waals surface area (Å²) in [5.41, 5.74) is 0. The molecule has 2 rings (SSSR count). The van der Waals surface area contributed by atoms with Crippen molar-refractivity contribution in [2.75, 3.05) is 0 Å². The van der Waals surface area contributed by atoms with Crippen LogP contribution < -0.4 is 0 Å². The Bertz CT molecular complexity index is 296. The molecule has 1 heteroatoms. The van der Waals surface area contributed by atoms with Crippen molar-refractivity contribution in [1.82, 2.24) is 0 Å². The maximum Gasteiger partial charge on any atom is 0.0655 e. The van der Waals surface area contributed by atoms with E-state index in [4.69, 9.17) is 5.26 Å². The Morgan fingerprint density at radius 1 is 0.944 bits per heavy atom. The molecule has 2 saturated carbocycles. The van der Waals surface area contributed by atoms with E-state index in [-0.39, 0.29) is 0 Å². The van der Waals surface area contributed by atoms with E-state index in [2.05, 4.69) is 25.1 Å². The second kappa shape index (κ2) is 6.98. The van der Waals surface area contributed by atoms with Gasteiger partial charge in [-0.2, -0.15) is 5.26 Å². The van der Waals surface area contributed by atoms with Crippen LogP contribution in [0, 0.1) is 35.0 Å². The van der Waals surface area contributed by atoms with Gasteiger partial charge in [-0.25, -0.2) is 0 Å². The zero-order valence-corrected chi connectivity index (χ0v) is 11.8. The van der Waals surface area contributed by atoms with Gasteiger partial charge in [0.15, 0.2) is 0 Å². The second-order valence-corrected chi connectivity index (χ2v) is 6.25. The van der Waals surface area contributed by atoms with E-state index in [0.29, 0.717) is 5.92 Å². The third kappa shape index (κ3) is 3.61. The summed E-state index contributed by atoms with van der Waals surface area (Å²) in [6.07, 6.45) is 16.6. The molecule has 2 aliphatic carbocycles. The van der Waals surface area contributed by atoms with Gasteiger partial charge in [0.2, 0.25) is 0 Å². The Balaban J connectivity index is 1.73. The van der Waals surface area contributed by atoms with Gasteiger partial charge in [-0.3, -0.25) is 0 Å². The molecule has 0 amide bonds. The normalized spacial score (nSPS) is 37.6. The molecule has 0 heterocycles. The molecule has 2 aliphatic rings. The van der Waals surface area contributed by atoms with Crippen LogP contribution >= 0.6 is 0 Å². The number of allylic oxidation sites excluding steroid dienone is 2. The fraction of sp³-hybridized carbons (Fsp3) is 0.824. The molecular weight excluding hydrogens is 218 g/mol. The highest BCUT2D eigenvalue weighted by molar-refractivity contribution is 4.93. The molecule has 0 spiro atoms. The highest BCUT2D eigenvalue weighted by atomic mass is 14.4. The monoisotopic (exact) mass is 245 g/mol. The predicted molar refractivity (Wildman–Crippen MR) is 75.9 cm³/mol. The molecule has 2 fully saturated rings. The molecule has 100 valence electrons. The lowest BCUT2D eigenvalue weighted by atomic mass is 9.69. The summed E-state index contributed by atoms with van der Waals surface area (Å²) in [5.74, 6) is 3.13. The highest BCUT2D eigenvalue weighted by Gasteiger charge is 2.30. The Kier molecular flexibility index (Phi) is 5.29. The minimum atomic E-state index is 0.366. The molecule has 0 aromatic rings. The predicted octanol–water partition coefficient (Wildman–Crippen LogP) is 5.09. The average Bonchev–Trinajstić information content (AvgIpc) is 2.46. The van der Waals surface area contributed by atoms with Crippen LogP contribution in [0.5, 0.6) is 0 Å². The van der Waals surface area contributed by atoms with Crippen LogP contribution in [0.25, 0.3) is 0 Å². The molecule has 0 bridgehead atoms. The maximum atomic E-state index is 8.95. The van der Waals surface area contributed by atoms with Crippen LogP contribution in [0.4, 0.5) is 0 Å². The topological polar surface area (TPSA) is 23.8 Å². The van der Waals surface area contributed by atoms with Crippen LogP contribution in [0.1, 0.15) is 64.7 Å². The number of hydrogen-bond acceptors (Lipinski definition) is 1. The summed E-state index contributed by atoms with van der Waals surface area (Å²) in [6.45, 7) is 2.22. The molecule has 0 N–H and O–H groups in total. The van der Waals surface area contributed by atoms with E-state index in [0.717, 1.165) is 30.6 Å². The van der Waals surface area contributed by atoms with Crippen LogP contribution in [-0.4, -0.2) is 0 Å². The van der Waals surface area contributed by atoms with E-state index >= 15 is 0 Å². The van der Waals surface area contributed by atoms with Crippen LogP contribution in [0.15, 0.2) is 12.2 Å². The summed E-state index contributed by atoms with van der Waals surface area (Å²) in [5, 5.41) is 8.95. The van der Waals surface area contributed by atoms with Gasteiger partial charge in [0, 0.05) is 5.92 Å². The fourth-order valence-corrected chi connectivity index (χ4v) is 3.86. The molecule has 0 unspecified atom stereocenters. The molecule has 0 aromatic carbocycles. The third-order valence-corrected chi connectivity index (χ3v) is 5.08. The van der Waals surface area contributed by atoms with Gasteiger partial charge in [0.05, 0.1) is 6.07 Å². The fourth-order valence-electron chi connectivity index (χ4n) is 3.86. The van der Waals surface area contributed by atoms with E-state index in [1.807, 2.05) is 0 Å². The Morgan fingerprint density at radius 2 is 1.50 bits per heavy atom. The van der Waals surface area contributed by atoms with Crippen molar-refractivity contribution in [1.29, 1.82) is 5.26 Å². The Labute approximate surface area is 112 Å². The van der Waals surface area contributed by atoms with Gasteiger partial charge in [-0.05, 0) is 75.5 Å². The highest BCUT2D eigenvalue weighted by Crippen LogP contribution is 2.41. The van der Waals surface area contributed by atoms with Crippen molar-refractivity contribution < 1.29 is 0 Å². The first kappa shape index (κ1) is 13.7. The molecule has 0 aliphatic heterocycles. The van der Waals surface area contributed by atoms with E-state index < -0.39 is 0 Å². The van der Waals surface area contributed by atoms with Crippen molar-refractivity contribution in [2.45, 2.75) is 64.7 Å². The van der Waals surface area contributed by atoms with Crippen LogP contribution in [0.3, 0.4) is 0 Å². The maximum absolute atomic E-state index is 8.95. The first-order chi connectivity index (χ1) is 8.83. The van der Waals surface area contributed by atoms with Gasteiger partial charge >= 0.3 is 0 Å². The molecule has 18 heavy (non-hydrogen) atoms. The van der Waals surface area contributed by atoms with Gasteiger partial charge < -0.3 is 0 Å². The molecular formula is C17H27N. The molecule has 0 radical (unpaired) electrons. The lowest BCUT2D eigenvalue weighted by molar-refractivity contribution is 0.168. The Hall–Kier alpha value is -0.770. The molecule has 0 saturated heterocycles. The van der Waals surface area contributed by atoms with Crippen molar-refractivity contribution in [2.24, 2.45) is 23.7 Å². The van der Waals surface area contributed by atoms with Crippen molar-refractivity contribution in [3.8, 4) is 6.07 Å². The average molecular weight is 245 g/mol. The minimum Gasteiger partial charge on any atom is -0.198 e. The molecule has 1 nitrogen and oxygen atoms in total. The smallest absolute Gasteiger partial charge is 0.0655 e. The summed E-state index contributed by atoms with van der Waals surface area (Å²) >= 11 is 0. The van der Waals surface area contributed by atoms with Gasteiger partial charge in [-0.15, -0.1) is 0 Å². The SMILES string of the molecule is CCC=CC1CCC(C2CCC(C#N)CC2)CC1. The number of nitrogens with zero attached hydrogens (tertiary/aromatic N) is 1. The van der Waals surface area contributed by atoms with Crippen molar-refractivity contribution >= 4 is 0 Å². The summed E-state index contributed by atoms with van der Waals surface area (Å²) < 4.78 is 0. The van der Waals surface area contributed by atoms with E-state index in [9.17, 15) is 0 Å². The third-order valence-electron chi connectivity index (χ3n) is 5.08. The van der Waals surface area contributed by atoms with Crippen LogP contribution in [0.2, 0.25) is 0 Å². The summed E-state index contributed by atoms with van der Waals surface area (Å²) in [7, 11) is 0. The van der Waals surface area contributed by atoms with E-state index in [1.165, 1.54) is 44.9 Å². The molecule has 0 atom stereocenters. The Morgan fingerprint density at radius 3 is 2.00 bits per heavy atom. The van der Waals surface area contributed by atoms with E-state index in [1.54, 1.807) is 0 Å². The largest absolute Gasteiger partial charge is 0.198 e. The minimum absolute atomic E-state index is 0.366. The van der Waals surface area contributed by atoms with Crippen molar-refractivity contribution in [3.05, 3.63) is 12.2 Å². The van der Waals surface area contributed by atoms with Crippen molar-refractivity contribution in [3.63, 3.8) is 0 Å². The zero-order valence-electron chi connectivity index (χ0n) is 11.8. The van der Waals surface area contributed by atoms with Gasteiger partial charge in [0.1, 0.15) is 0 Å². The summed E-state index contributed by atoms with van der Waals surface area (Å²) in [6, 6.07) is 2.45. The number of nitriles is 1. The van der Waals surface area contributed by atoms with Crippen LogP contribution in [-0.2, 0) is 0 Å². The molecule has 0 aromatic heterocycles. The second-order valence-electron chi connectivity index (χ2n) is 6.25. The lowest BCUT2D eigenvalue weighted by Gasteiger charge is -2.36. The standard InChI is InChI=1S/C17H27N/c1-2-3-4-14-5-9-16(10-6-14)17-11-7-15(13-18)8-12-17/h3-4,14-17H,2,5-12H2,1H3. The summed E-state index contributed by atoms with van der Waals surface area (Å²) in [4.78, 5) is 0. The van der Waals surface area contributed by atoms with Gasteiger partial charge in [-0.1, -0.05) is 19.1 Å².